The van der Waals surface area contributed by atoms with Gasteiger partial charge in [-0.2, -0.15) is 0 Å². The fraction of sp³-hybridized carbons (Fsp3) is 0.333. The molecule has 2 rings (SSSR count). The van der Waals surface area contributed by atoms with Crippen LogP contribution in [0.25, 0.3) is 5.57 Å². The van der Waals surface area contributed by atoms with E-state index >= 15 is 0 Å². The molecule has 13 heavy (non-hydrogen) atoms. The van der Waals surface area contributed by atoms with Gasteiger partial charge in [0.2, 0.25) is 0 Å². The minimum Gasteiger partial charge on any atom is -0.465 e. The van der Waals surface area contributed by atoms with Crippen LogP contribution in [-0.2, 0) is 0 Å². The Morgan fingerprint density at radius 2 is 2.15 bits per heavy atom. The molecule has 0 radical (unpaired) electrons. The topological polar surface area (TPSA) is 13.1 Å². The van der Waals surface area contributed by atoms with E-state index in [2.05, 4.69) is 6.58 Å². The number of rotatable bonds is 2. The average Bonchev–Trinajstić information content (AvgIpc) is 2.70. The van der Waals surface area contributed by atoms with Crippen LogP contribution >= 0.6 is 0 Å². The van der Waals surface area contributed by atoms with Gasteiger partial charge in [0.25, 0.3) is 0 Å². The highest BCUT2D eigenvalue weighted by molar-refractivity contribution is 5.68. The molecule has 0 unspecified atom stereocenters. The number of furan rings is 1. The van der Waals surface area contributed by atoms with E-state index in [1.54, 1.807) is 6.26 Å². The second-order valence-corrected chi connectivity index (χ2v) is 3.39. The molecule has 0 atom stereocenters. The SMILES string of the molecule is C=CC1=C(c2ccco2)CCCC1. The molecule has 0 amide bonds. The minimum atomic E-state index is 1.02. The lowest BCUT2D eigenvalue weighted by Gasteiger charge is -2.15. The lowest BCUT2D eigenvalue weighted by molar-refractivity contribution is 0.544. The van der Waals surface area contributed by atoms with E-state index in [-0.39, 0.29) is 0 Å². The van der Waals surface area contributed by atoms with Gasteiger partial charge in [0.15, 0.2) is 0 Å². The lowest BCUT2D eigenvalue weighted by Crippen LogP contribution is -1.96. The van der Waals surface area contributed by atoms with Gasteiger partial charge in [-0.15, -0.1) is 0 Å². The zero-order chi connectivity index (χ0) is 9.10. The first-order valence-corrected chi connectivity index (χ1v) is 4.80. The molecule has 0 spiro atoms. The Morgan fingerprint density at radius 3 is 2.85 bits per heavy atom. The summed E-state index contributed by atoms with van der Waals surface area (Å²) in [4.78, 5) is 0. The average molecular weight is 174 g/mol. The van der Waals surface area contributed by atoms with Crippen LogP contribution in [0.5, 0.6) is 0 Å². The molecule has 0 saturated heterocycles. The molecule has 1 aliphatic carbocycles. The Bertz CT molecular complexity index is 317. The second kappa shape index (κ2) is 3.65. The summed E-state index contributed by atoms with van der Waals surface area (Å²) in [5, 5.41) is 0. The van der Waals surface area contributed by atoms with Crippen molar-refractivity contribution >= 4 is 5.57 Å². The van der Waals surface area contributed by atoms with Crippen molar-refractivity contribution in [3.63, 3.8) is 0 Å². The van der Waals surface area contributed by atoms with Crippen LogP contribution in [0.15, 0.2) is 41.0 Å². The third-order valence-electron chi connectivity index (χ3n) is 2.58. The molecule has 1 aliphatic rings. The fourth-order valence-electron chi connectivity index (χ4n) is 1.89. The molecule has 1 aromatic rings. The Balaban J connectivity index is 2.38. The van der Waals surface area contributed by atoms with Gasteiger partial charge in [0.1, 0.15) is 5.76 Å². The quantitative estimate of drug-likeness (QED) is 0.664. The second-order valence-electron chi connectivity index (χ2n) is 3.39. The summed E-state index contributed by atoms with van der Waals surface area (Å²) < 4.78 is 5.40. The number of hydrogen-bond donors (Lipinski definition) is 0. The zero-order valence-electron chi connectivity index (χ0n) is 7.75. The molecule has 0 N–H and O–H groups in total. The van der Waals surface area contributed by atoms with E-state index in [9.17, 15) is 0 Å². The van der Waals surface area contributed by atoms with Gasteiger partial charge in [-0.3, -0.25) is 0 Å². The van der Waals surface area contributed by atoms with Crippen LogP contribution in [-0.4, -0.2) is 0 Å². The highest BCUT2D eigenvalue weighted by atomic mass is 16.3. The molecule has 0 aliphatic heterocycles. The van der Waals surface area contributed by atoms with Crippen molar-refractivity contribution in [3.8, 4) is 0 Å². The van der Waals surface area contributed by atoms with E-state index in [4.69, 9.17) is 4.42 Å². The zero-order valence-corrected chi connectivity index (χ0v) is 7.75. The van der Waals surface area contributed by atoms with Crippen LogP contribution in [0.1, 0.15) is 31.4 Å². The molecule has 0 aromatic carbocycles. The monoisotopic (exact) mass is 174 g/mol. The van der Waals surface area contributed by atoms with Crippen molar-refractivity contribution < 1.29 is 4.42 Å². The van der Waals surface area contributed by atoms with Crippen molar-refractivity contribution in [1.82, 2.24) is 0 Å². The number of allylic oxidation sites excluding steroid dienone is 3. The van der Waals surface area contributed by atoms with E-state index < -0.39 is 0 Å². The summed E-state index contributed by atoms with van der Waals surface area (Å²) in [6.07, 6.45) is 8.54. The smallest absolute Gasteiger partial charge is 0.130 e. The van der Waals surface area contributed by atoms with Crippen LogP contribution in [0.3, 0.4) is 0 Å². The Hall–Kier alpha value is -1.24. The Labute approximate surface area is 78.8 Å². The molecule has 1 heterocycles. The van der Waals surface area contributed by atoms with Crippen molar-refractivity contribution in [3.05, 3.63) is 42.4 Å². The summed E-state index contributed by atoms with van der Waals surface area (Å²) in [6.45, 7) is 3.84. The first-order valence-electron chi connectivity index (χ1n) is 4.80. The maximum atomic E-state index is 5.40. The maximum absolute atomic E-state index is 5.40. The predicted molar refractivity (Wildman–Crippen MR) is 54.3 cm³/mol. The highest BCUT2D eigenvalue weighted by Crippen LogP contribution is 2.32. The van der Waals surface area contributed by atoms with Gasteiger partial charge in [-0.1, -0.05) is 12.7 Å². The first kappa shape index (κ1) is 8.36. The lowest BCUT2D eigenvalue weighted by atomic mass is 9.90. The molecule has 1 heteroatoms. The third-order valence-corrected chi connectivity index (χ3v) is 2.58. The third kappa shape index (κ3) is 1.59. The summed E-state index contributed by atoms with van der Waals surface area (Å²) in [5.74, 6) is 1.02. The van der Waals surface area contributed by atoms with Gasteiger partial charge in [-0.25, -0.2) is 0 Å². The molecule has 0 fully saturated rings. The van der Waals surface area contributed by atoms with Gasteiger partial charge in [0, 0.05) is 0 Å². The first-order chi connectivity index (χ1) is 6.42. The molecular formula is C12H14O. The number of hydrogen-bond acceptors (Lipinski definition) is 1. The normalized spacial score (nSPS) is 17.5. The molecule has 1 nitrogen and oxygen atoms in total. The Morgan fingerprint density at radius 1 is 1.31 bits per heavy atom. The molecular weight excluding hydrogens is 160 g/mol. The summed E-state index contributed by atoms with van der Waals surface area (Å²) in [5.41, 5.74) is 2.72. The molecule has 0 bridgehead atoms. The van der Waals surface area contributed by atoms with Gasteiger partial charge in [0.05, 0.1) is 6.26 Å². The standard InChI is InChI=1S/C12H14O/c1-2-10-6-3-4-7-11(10)12-8-5-9-13-12/h2,5,8-9H,1,3-4,6-7H2. The van der Waals surface area contributed by atoms with Gasteiger partial charge >= 0.3 is 0 Å². The van der Waals surface area contributed by atoms with Crippen molar-refractivity contribution in [2.45, 2.75) is 25.7 Å². The fourth-order valence-corrected chi connectivity index (χ4v) is 1.89. The largest absolute Gasteiger partial charge is 0.465 e. The van der Waals surface area contributed by atoms with E-state index in [1.807, 2.05) is 18.2 Å². The van der Waals surface area contributed by atoms with Crippen molar-refractivity contribution in [2.75, 3.05) is 0 Å². The van der Waals surface area contributed by atoms with Crippen LogP contribution in [0, 0.1) is 0 Å². The highest BCUT2D eigenvalue weighted by Gasteiger charge is 2.13. The minimum absolute atomic E-state index is 1.02. The molecule has 1 aromatic heterocycles. The van der Waals surface area contributed by atoms with Crippen LogP contribution < -0.4 is 0 Å². The van der Waals surface area contributed by atoms with Gasteiger partial charge in [-0.05, 0) is 49.0 Å². The summed E-state index contributed by atoms with van der Waals surface area (Å²) in [7, 11) is 0. The predicted octanol–water partition coefficient (Wildman–Crippen LogP) is 3.79. The molecule has 68 valence electrons. The van der Waals surface area contributed by atoms with E-state index in [1.165, 1.54) is 24.0 Å². The maximum Gasteiger partial charge on any atom is 0.130 e. The van der Waals surface area contributed by atoms with E-state index in [0.717, 1.165) is 18.6 Å². The van der Waals surface area contributed by atoms with Crippen LogP contribution in [0.2, 0.25) is 0 Å². The summed E-state index contributed by atoms with van der Waals surface area (Å²) >= 11 is 0. The Kier molecular flexibility index (Phi) is 2.35. The van der Waals surface area contributed by atoms with E-state index in [0.29, 0.717) is 0 Å². The van der Waals surface area contributed by atoms with Crippen molar-refractivity contribution in [2.24, 2.45) is 0 Å². The van der Waals surface area contributed by atoms with Crippen molar-refractivity contribution in [1.29, 1.82) is 0 Å². The van der Waals surface area contributed by atoms with Gasteiger partial charge < -0.3 is 4.42 Å². The molecule has 0 saturated carbocycles. The summed E-state index contributed by atoms with van der Waals surface area (Å²) in [6, 6.07) is 3.97. The van der Waals surface area contributed by atoms with Crippen LogP contribution in [0.4, 0.5) is 0 Å².